The van der Waals surface area contributed by atoms with Crippen LogP contribution in [0.25, 0.3) is 0 Å². The van der Waals surface area contributed by atoms with Crippen molar-refractivity contribution in [3.05, 3.63) is 17.6 Å². The first kappa shape index (κ1) is 13.9. The molecule has 1 aromatic heterocycles. The minimum absolute atomic E-state index is 0.698. The Hall–Kier alpha value is -1.16. The third-order valence-corrected chi connectivity index (χ3v) is 2.52. The summed E-state index contributed by atoms with van der Waals surface area (Å²) in [7, 11) is 2.07. The van der Waals surface area contributed by atoms with Crippen LogP contribution in [0.4, 0.5) is 5.82 Å². The monoisotopic (exact) mass is 236 g/mol. The molecule has 0 aliphatic carbocycles. The fraction of sp³-hybridized carbons (Fsp3) is 0.692. The van der Waals surface area contributed by atoms with Crippen LogP contribution in [0.15, 0.2) is 6.07 Å². The molecule has 0 spiro atoms. The molecule has 17 heavy (non-hydrogen) atoms. The van der Waals surface area contributed by atoms with Crippen molar-refractivity contribution in [2.45, 2.75) is 27.7 Å². The summed E-state index contributed by atoms with van der Waals surface area (Å²) in [4.78, 5) is 10.9. The van der Waals surface area contributed by atoms with Crippen molar-refractivity contribution in [1.82, 2.24) is 15.3 Å². The largest absolute Gasteiger partial charge is 0.358 e. The van der Waals surface area contributed by atoms with Crippen molar-refractivity contribution < 1.29 is 0 Å². The fourth-order valence-corrected chi connectivity index (χ4v) is 1.64. The quantitative estimate of drug-likeness (QED) is 0.764. The van der Waals surface area contributed by atoms with Gasteiger partial charge in [-0.1, -0.05) is 13.8 Å². The standard InChI is InChI=1S/C13H24N4/c1-10(2)9-14-6-7-17(5)13-8-11(3)15-12(4)16-13/h8,10,14H,6-7,9H2,1-5H3. The Morgan fingerprint density at radius 2 is 2.00 bits per heavy atom. The summed E-state index contributed by atoms with van der Waals surface area (Å²) in [5, 5.41) is 3.43. The topological polar surface area (TPSA) is 41.0 Å². The summed E-state index contributed by atoms with van der Waals surface area (Å²) in [6.07, 6.45) is 0. The molecule has 1 aromatic rings. The first-order valence-electron chi connectivity index (χ1n) is 6.23. The molecule has 1 N–H and O–H groups in total. The highest BCUT2D eigenvalue weighted by molar-refractivity contribution is 5.38. The molecular formula is C13H24N4. The third kappa shape index (κ3) is 5.13. The Morgan fingerprint density at radius 3 is 2.59 bits per heavy atom. The zero-order chi connectivity index (χ0) is 12.8. The maximum atomic E-state index is 4.43. The number of likely N-dealkylation sites (N-methyl/N-ethyl adjacent to an activating group) is 1. The van der Waals surface area contributed by atoms with E-state index in [-0.39, 0.29) is 0 Å². The van der Waals surface area contributed by atoms with Crippen molar-refractivity contribution in [1.29, 1.82) is 0 Å². The van der Waals surface area contributed by atoms with Gasteiger partial charge < -0.3 is 10.2 Å². The van der Waals surface area contributed by atoms with Gasteiger partial charge in [-0.2, -0.15) is 0 Å². The third-order valence-electron chi connectivity index (χ3n) is 2.52. The van der Waals surface area contributed by atoms with E-state index in [9.17, 15) is 0 Å². The van der Waals surface area contributed by atoms with E-state index in [1.165, 1.54) is 0 Å². The number of nitrogens with zero attached hydrogens (tertiary/aromatic N) is 3. The van der Waals surface area contributed by atoms with E-state index >= 15 is 0 Å². The van der Waals surface area contributed by atoms with E-state index in [1.54, 1.807) is 0 Å². The molecule has 0 atom stereocenters. The van der Waals surface area contributed by atoms with Crippen LogP contribution in [0.2, 0.25) is 0 Å². The summed E-state index contributed by atoms with van der Waals surface area (Å²) in [5.41, 5.74) is 1.02. The molecule has 0 saturated carbocycles. The predicted molar refractivity (Wildman–Crippen MR) is 72.5 cm³/mol. The van der Waals surface area contributed by atoms with E-state index in [0.29, 0.717) is 5.92 Å². The summed E-state index contributed by atoms with van der Waals surface area (Å²) >= 11 is 0. The summed E-state index contributed by atoms with van der Waals surface area (Å²) < 4.78 is 0. The smallest absolute Gasteiger partial charge is 0.132 e. The number of aromatic nitrogens is 2. The van der Waals surface area contributed by atoms with E-state index in [0.717, 1.165) is 37.0 Å². The van der Waals surface area contributed by atoms with Crippen molar-refractivity contribution in [3.8, 4) is 0 Å². The number of nitrogens with one attached hydrogen (secondary N) is 1. The summed E-state index contributed by atoms with van der Waals surface area (Å²) in [6, 6.07) is 2.02. The van der Waals surface area contributed by atoms with E-state index < -0.39 is 0 Å². The first-order valence-corrected chi connectivity index (χ1v) is 6.23. The first-order chi connectivity index (χ1) is 7.99. The zero-order valence-electron chi connectivity index (χ0n) is 11.6. The number of hydrogen-bond donors (Lipinski definition) is 1. The van der Waals surface area contributed by atoms with Gasteiger partial charge in [0.2, 0.25) is 0 Å². The lowest BCUT2D eigenvalue weighted by molar-refractivity contribution is 0.553. The van der Waals surface area contributed by atoms with Crippen LogP contribution in [-0.4, -0.2) is 36.6 Å². The highest BCUT2D eigenvalue weighted by Gasteiger charge is 2.04. The molecule has 0 unspecified atom stereocenters. The molecule has 0 fully saturated rings. The summed E-state index contributed by atoms with van der Waals surface area (Å²) in [6.45, 7) is 11.4. The molecular weight excluding hydrogens is 212 g/mol. The maximum Gasteiger partial charge on any atom is 0.132 e. The van der Waals surface area contributed by atoms with Crippen LogP contribution in [0, 0.1) is 19.8 Å². The van der Waals surface area contributed by atoms with Gasteiger partial charge in [-0.05, 0) is 26.3 Å². The second-order valence-electron chi connectivity index (χ2n) is 4.93. The molecule has 0 bridgehead atoms. The number of hydrogen-bond acceptors (Lipinski definition) is 4. The van der Waals surface area contributed by atoms with Gasteiger partial charge in [0.25, 0.3) is 0 Å². The summed E-state index contributed by atoms with van der Waals surface area (Å²) in [5.74, 6) is 2.53. The van der Waals surface area contributed by atoms with Gasteiger partial charge in [0.15, 0.2) is 0 Å². The Morgan fingerprint density at radius 1 is 1.29 bits per heavy atom. The van der Waals surface area contributed by atoms with Crippen LogP contribution >= 0.6 is 0 Å². The Balaban J connectivity index is 2.43. The van der Waals surface area contributed by atoms with E-state index in [2.05, 4.69) is 41.1 Å². The highest BCUT2D eigenvalue weighted by Crippen LogP contribution is 2.09. The molecule has 0 amide bonds. The Kier molecular flexibility index (Phi) is 5.35. The average molecular weight is 236 g/mol. The van der Waals surface area contributed by atoms with Crippen molar-refractivity contribution in [2.75, 3.05) is 31.6 Å². The second-order valence-corrected chi connectivity index (χ2v) is 4.93. The van der Waals surface area contributed by atoms with E-state index in [4.69, 9.17) is 0 Å². The van der Waals surface area contributed by atoms with Crippen LogP contribution in [-0.2, 0) is 0 Å². The number of anilines is 1. The molecule has 0 radical (unpaired) electrons. The normalized spacial score (nSPS) is 10.9. The minimum Gasteiger partial charge on any atom is -0.358 e. The average Bonchev–Trinajstić information content (AvgIpc) is 2.22. The van der Waals surface area contributed by atoms with Gasteiger partial charge in [0.05, 0.1) is 0 Å². The van der Waals surface area contributed by atoms with Gasteiger partial charge in [-0.3, -0.25) is 0 Å². The predicted octanol–water partition coefficient (Wildman–Crippen LogP) is 1.78. The fourth-order valence-electron chi connectivity index (χ4n) is 1.64. The van der Waals surface area contributed by atoms with Gasteiger partial charge in [-0.15, -0.1) is 0 Å². The molecule has 0 saturated heterocycles. The van der Waals surface area contributed by atoms with Gasteiger partial charge in [0.1, 0.15) is 11.6 Å². The molecule has 4 nitrogen and oxygen atoms in total. The SMILES string of the molecule is Cc1cc(N(C)CCNCC(C)C)nc(C)n1. The lowest BCUT2D eigenvalue weighted by atomic mass is 10.2. The zero-order valence-corrected chi connectivity index (χ0v) is 11.6. The Bertz CT molecular complexity index is 329. The number of aryl methyl sites for hydroxylation is 2. The van der Waals surface area contributed by atoms with Crippen molar-refractivity contribution >= 4 is 5.82 Å². The Labute approximate surface area is 104 Å². The molecule has 4 heteroatoms. The molecule has 1 rings (SSSR count). The van der Waals surface area contributed by atoms with Crippen LogP contribution in [0.3, 0.4) is 0 Å². The van der Waals surface area contributed by atoms with Crippen molar-refractivity contribution in [2.24, 2.45) is 5.92 Å². The van der Waals surface area contributed by atoms with Crippen molar-refractivity contribution in [3.63, 3.8) is 0 Å². The molecule has 1 heterocycles. The van der Waals surface area contributed by atoms with Crippen LogP contribution < -0.4 is 10.2 Å². The van der Waals surface area contributed by atoms with Crippen LogP contribution in [0.5, 0.6) is 0 Å². The van der Waals surface area contributed by atoms with Gasteiger partial charge in [-0.25, -0.2) is 9.97 Å². The molecule has 0 aliphatic rings. The molecule has 0 aromatic carbocycles. The van der Waals surface area contributed by atoms with E-state index in [1.807, 2.05) is 19.9 Å². The van der Waals surface area contributed by atoms with Gasteiger partial charge >= 0.3 is 0 Å². The number of rotatable bonds is 6. The van der Waals surface area contributed by atoms with Gasteiger partial charge in [0, 0.05) is 31.9 Å². The second kappa shape index (κ2) is 6.55. The molecule has 96 valence electrons. The van der Waals surface area contributed by atoms with Crippen LogP contribution in [0.1, 0.15) is 25.4 Å². The maximum absolute atomic E-state index is 4.43. The minimum atomic E-state index is 0.698. The highest BCUT2D eigenvalue weighted by atomic mass is 15.2. The molecule has 0 aliphatic heterocycles. The lowest BCUT2D eigenvalue weighted by Gasteiger charge is -2.19. The lowest BCUT2D eigenvalue weighted by Crippen LogP contribution is -2.31.